The molecule has 20 heavy (non-hydrogen) atoms. The lowest BCUT2D eigenvalue weighted by Crippen LogP contribution is -2.11. The van der Waals surface area contributed by atoms with E-state index in [-0.39, 0.29) is 17.9 Å². The monoisotopic (exact) mass is 273 g/mol. The third kappa shape index (κ3) is 3.22. The Labute approximate surface area is 114 Å². The SMILES string of the molecule is Cc1cc(C(=O)Nc2ccc(F)c(C#CCN)c2)on1. The maximum atomic E-state index is 13.5. The number of nitrogens with zero attached hydrogens (tertiary/aromatic N) is 1. The Morgan fingerprint density at radius 1 is 1.50 bits per heavy atom. The fourth-order valence-electron chi connectivity index (χ4n) is 1.51. The minimum absolute atomic E-state index is 0.0846. The molecule has 3 N–H and O–H groups in total. The maximum Gasteiger partial charge on any atom is 0.294 e. The van der Waals surface area contributed by atoms with Crippen LogP contribution in [0.1, 0.15) is 21.8 Å². The zero-order chi connectivity index (χ0) is 14.5. The Kier molecular flexibility index (Phi) is 4.13. The number of nitrogens with two attached hydrogens (primary N) is 1. The molecule has 1 heterocycles. The Bertz CT molecular complexity index is 698. The molecule has 102 valence electrons. The quantitative estimate of drug-likeness (QED) is 0.816. The van der Waals surface area contributed by atoms with Crippen molar-refractivity contribution in [1.82, 2.24) is 5.16 Å². The molecule has 0 atom stereocenters. The van der Waals surface area contributed by atoms with Crippen molar-refractivity contribution in [1.29, 1.82) is 0 Å². The molecule has 0 aliphatic rings. The fraction of sp³-hybridized carbons (Fsp3) is 0.143. The summed E-state index contributed by atoms with van der Waals surface area (Å²) in [7, 11) is 0. The topological polar surface area (TPSA) is 81.2 Å². The molecule has 1 aromatic carbocycles. The van der Waals surface area contributed by atoms with Crippen LogP contribution in [0.15, 0.2) is 28.8 Å². The van der Waals surface area contributed by atoms with Crippen molar-refractivity contribution >= 4 is 11.6 Å². The average Bonchev–Trinajstić information content (AvgIpc) is 2.86. The van der Waals surface area contributed by atoms with E-state index < -0.39 is 11.7 Å². The van der Waals surface area contributed by atoms with Gasteiger partial charge in [-0.15, -0.1) is 0 Å². The van der Waals surface area contributed by atoms with Crippen LogP contribution < -0.4 is 11.1 Å². The lowest BCUT2D eigenvalue weighted by atomic mass is 10.2. The average molecular weight is 273 g/mol. The second-order valence-corrected chi connectivity index (χ2v) is 3.99. The van der Waals surface area contributed by atoms with Gasteiger partial charge in [-0.05, 0) is 25.1 Å². The molecule has 2 rings (SSSR count). The number of rotatable bonds is 2. The Hall–Kier alpha value is -2.65. The summed E-state index contributed by atoms with van der Waals surface area (Å²) in [5.41, 5.74) is 6.42. The number of amides is 1. The molecular weight excluding hydrogens is 261 g/mol. The van der Waals surface area contributed by atoms with Crippen LogP contribution >= 0.6 is 0 Å². The molecule has 0 radical (unpaired) electrons. The van der Waals surface area contributed by atoms with Gasteiger partial charge in [0, 0.05) is 11.8 Å². The molecule has 0 spiro atoms. The molecule has 0 bridgehead atoms. The molecule has 0 fully saturated rings. The molecule has 0 aliphatic carbocycles. The number of carbonyl (C=O) groups excluding carboxylic acids is 1. The van der Waals surface area contributed by atoms with E-state index in [9.17, 15) is 9.18 Å². The number of benzene rings is 1. The van der Waals surface area contributed by atoms with Crippen LogP contribution in [-0.4, -0.2) is 17.6 Å². The van der Waals surface area contributed by atoms with E-state index in [4.69, 9.17) is 10.3 Å². The minimum Gasteiger partial charge on any atom is -0.351 e. The van der Waals surface area contributed by atoms with E-state index >= 15 is 0 Å². The Morgan fingerprint density at radius 2 is 2.30 bits per heavy atom. The van der Waals surface area contributed by atoms with Crippen molar-refractivity contribution in [2.24, 2.45) is 5.73 Å². The second-order valence-electron chi connectivity index (χ2n) is 3.99. The van der Waals surface area contributed by atoms with Crippen LogP contribution in [0.5, 0.6) is 0 Å². The highest BCUT2D eigenvalue weighted by molar-refractivity contribution is 6.02. The predicted octanol–water partition coefficient (Wildman–Crippen LogP) is 1.68. The predicted molar refractivity (Wildman–Crippen MR) is 71.5 cm³/mol. The lowest BCUT2D eigenvalue weighted by molar-refractivity contribution is 0.0988. The Balaban J connectivity index is 2.19. The highest BCUT2D eigenvalue weighted by atomic mass is 19.1. The van der Waals surface area contributed by atoms with Gasteiger partial charge in [0.2, 0.25) is 5.76 Å². The van der Waals surface area contributed by atoms with Crippen molar-refractivity contribution in [2.75, 3.05) is 11.9 Å². The van der Waals surface area contributed by atoms with Crippen LogP contribution in [0.25, 0.3) is 0 Å². The van der Waals surface area contributed by atoms with Gasteiger partial charge in [0.1, 0.15) is 5.82 Å². The summed E-state index contributed by atoms with van der Waals surface area (Å²) >= 11 is 0. The summed E-state index contributed by atoms with van der Waals surface area (Å²) in [6, 6.07) is 5.60. The third-order valence-electron chi connectivity index (χ3n) is 2.40. The summed E-state index contributed by atoms with van der Waals surface area (Å²) in [4.78, 5) is 11.8. The van der Waals surface area contributed by atoms with E-state index in [1.165, 1.54) is 24.3 Å². The molecule has 0 aliphatic heterocycles. The van der Waals surface area contributed by atoms with Gasteiger partial charge in [-0.1, -0.05) is 17.0 Å². The molecule has 1 aromatic heterocycles. The van der Waals surface area contributed by atoms with Gasteiger partial charge in [-0.2, -0.15) is 0 Å². The number of carbonyl (C=O) groups is 1. The standard InChI is InChI=1S/C14H12FN3O2/c1-9-7-13(20-18-9)14(19)17-11-4-5-12(15)10(8-11)3-2-6-16/h4-5,7-8H,6,16H2,1H3,(H,17,19). The maximum absolute atomic E-state index is 13.5. The molecular formula is C14H12FN3O2. The summed E-state index contributed by atoms with van der Waals surface area (Å²) < 4.78 is 18.3. The number of anilines is 1. The van der Waals surface area contributed by atoms with Gasteiger partial charge >= 0.3 is 0 Å². The van der Waals surface area contributed by atoms with E-state index in [2.05, 4.69) is 22.3 Å². The highest BCUT2D eigenvalue weighted by Gasteiger charge is 2.12. The van der Waals surface area contributed by atoms with E-state index in [0.717, 1.165) is 0 Å². The van der Waals surface area contributed by atoms with Crippen LogP contribution in [-0.2, 0) is 0 Å². The van der Waals surface area contributed by atoms with E-state index in [0.29, 0.717) is 11.4 Å². The molecule has 6 heteroatoms. The first-order valence-corrected chi connectivity index (χ1v) is 5.83. The zero-order valence-electron chi connectivity index (χ0n) is 10.7. The summed E-state index contributed by atoms with van der Waals surface area (Å²) in [5, 5.41) is 6.20. The van der Waals surface area contributed by atoms with Crippen LogP contribution in [0, 0.1) is 24.6 Å². The molecule has 5 nitrogen and oxygen atoms in total. The van der Waals surface area contributed by atoms with Gasteiger partial charge < -0.3 is 15.6 Å². The molecule has 0 unspecified atom stereocenters. The van der Waals surface area contributed by atoms with Crippen molar-refractivity contribution < 1.29 is 13.7 Å². The normalized spacial score (nSPS) is 9.75. The van der Waals surface area contributed by atoms with Gasteiger partial charge in [0.25, 0.3) is 5.91 Å². The smallest absolute Gasteiger partial charge is 0.294 e. The number of halogens is 1. The molecule has 0 saturated heterocycles. The fourth-order valence-corrected chi connectivity index (χ4v) is 1.51. The van der Waals surface area contributed by atoms with E-state index in [1.807, 2.05) is 0 Å². The summed E-state index contributed by atoms with van der Waals surface area (Å²) in [5.74, 6) is 4.30. The van der Waals surface area contributed by atoms with Crippen LogP contribution in [0.3, 0.4) is 0 Å². The second kappa shape index (κ2) is 5.99. The summed E-state index contributed by atoms with van der Waals surface area (Å²) in [6.07, 6.45) is 0. The van der Waals surface area contributed by atoms with Gasteiger partial charge in [0.15, 0.2) is 0 Å². The number of hydrogen-bond donors (Lipinski definition) is 2. The largest absolute Gasteiger partial charge is 0.351 e. The minimum atomic E-state index is -0.473. The third-order valence-corrected chi connectivity index (χ3v) is 2.40. The number of hydrogen-bond acceptors (Lipinski definition) is 4. The van der Waals surface area contributed by atoms with Crippen molar-refractivity contribution in [3.05, 3.63) is 47.1 Å². The molecule has 1 amide bonds. The van der Waals surface area contributed by atoms with Gasteiger partial charge in [-0.25, -0.2) is 4.39 Å². The van der Waals surface area contributed by atoms with E-state index in [1.54, 1.807) is 6.92 Å². The zero-order valence-corrected chi connectivity index (χ0v) is 10.7. The van der Waals surface area contributed by atoms with Gasteiger partial charge in [0.05, 0.1) is 17.8 Å². The first-order chi connectivity index (χ1) is 9.60. The molecule has 2 aromatic rings. The highest BCUT2D eigenvalue weighted by Crippen LogP contribution is 2.15. The van der Waals surface area contributed by atoms with Crippen molar-refractivity contribution in [2.45, 2.75) is 6.92 Å². The number of nitrogens with one attached hydrogen (secondary N) is 1. The summed E-state index contributed by atoms with van der Waals surface area (Å²) in [6.45, 7) is 1.84. The van der Waals surface area contributed by atoms with Crippen molar-refractivity contribution in [3.8, 4) is 11.8 Å². The van der Waals surface area contributed by atoms with Gasteiger partial charge in [-0.3, -0.25) is 4.79 Å². The lowest BCUT2D eigenvalue weighted by Gasteiger charge is -2.03. The van der Waals surface area contributed by atoms with Crippen LogP contribution in [0.2, 0.25) is 0 Å². The first-order valence-electron chi connectivity index (χ1n) is 5.83. The number of aryl methyl sites for hydroxylation is 1. The van der Waals surface area contributed by atoms with Crippen LogP contribution in [0.4, 0.5) is 10.1 Å². The first kappa shape index (κ1) is 13.8. The number of aromatic nitrogens is 1. The molecule has 0 saturated carbocycles. The van der Waals surface area contributed by atoms with Crippen molar-refractivity contribution in [3.63, 3.8) is 0 Å². The Morgan fingerprint density at radius 3 is 2.95 bits per heavy atom.